The average Bonchev–Trinajstić information content (AvgIpc) is 2.35. The van der Waals surface area contributed by atoms with Crippen molar-refractivity contribution in [1.29, 1.82) is 0 Å². The van der Waals surface area contributed by atoms with Crippen LogP contribution in [0.5, 0.6) is 0 Å². The van der Waals surface area contributed by atoms with E-state index >= 15 is 0 Å². The maximum absolute atomic E-state index is 11.9. The van der Waals surface area contributed by atoms with Crippen molar-refractivity contribution in [3.8, 4) is 0 Å². The van der Waals surface area contributed by atoms with Gasteiger partial charge in [0, 0.05) is 20.6 Å². The number of anilines is 1. The molecule has 0 bridgehead atoms. The van der Waals surface area contributed by atoms with Gasteiger partial charge in [0.15, 0.2) is 0 Å². The first-order valence-electron chi connectivity index (χ1n) is 6.64. The second kappa shape index (κ2) is 6.11. The number of hydrogen-bond donors (Lipinski definition) is 2. The lowest BCUT2D eigenvalue weighted by molar-refractivity contribution is -0.142. The third-order valence-corrected chi connectivity index (χ3v) is 3.04. The molecule has 1 heterocycles. The minimum atomic E-state index is -0.931. The first kappa shape index (κ1) is 16.9. The summed E-state index contributed by atoms with van der Waals surface area (Å²) >= 11 is 0. The van der Waals surface area contributed by atoms with Crippen LogP contribution in [0.3, 0.4) is 0 Å². The van der Waals surface area contributed by atoms with Crippen LogP contribution in [0.2, 0.25) is 0 Å². The summed E-state index contributed by atoms with van der Waals surface area (Å²) in [5.41, 5.74) is -1.25. The summed E-state index contributed by atoms with van der Waals surface area (Å²) in [6, 6.07) is 0. The summed E-state index contributed by atoms with van der Waals surface area (Å²) in [5.74, 6) is -1.60. The molecule has 0 saturated heterocycles. The highest BCUT2D eigenvalue weighted by Gasteiger charge is 2.25. The molecule has 0 fully saturated rings. The van der Waals surface area contributed by atoms with Crippen LogP contribution in [-0.2, 0) is 18.9 Å². The molecule has 1 unspecified atom stereocenters. The van der Waals surface area contributed by atoms with Gasteiger partial charge in [-0.25, -0.2) is 9.48 Å². The number of aromatic nitrogens is 3. The molecule has 1 rings (SSSR count). The molecule has 118 valence electrons. The topological polar surface area (TPSA) is 106 Å². The van der Waals surface area contributed by atoms with Crippen molar-refractivity contribution in [3.05, 3.63) is 20.8 Å². The Bertz CT molecular complexity index is 639. The lowest BCUT2D eigenvalue weighted by atomic mass is 9.84. The average molecular weight is 298 g/mol. The van der Waals surface area contributed by atoms with Crippen LogP contribution in [0.4, 0.5) is 5.82 Å². The summed E-state index contributed by atoms with van der Waals surface area (Å²) in [6.07, 6.45) is 0.460. The third-order valence-electron chi connectivity index (χ3n) is 3.04. The van der Waals surface area contributed by atoms with Crippen molar-refractivity contribution in [1.82, 2.24) is 14.3 Å². The zero-order valence-electron chi connectivity index (χ0n) is 13.0. The Kier molecular flexibility index (Phi) is 4.93. The smallest absolute Gasteiger partial charge is 0.346 e. The number of carbonyl (C=O) groups is 1. The molecule has 0 radical (unpaired) electrons. The molecular weight excluding hydrogens is 276 g/mol. The summed E-state index contributed by atoms with van der Waals surface area (Å²) in [7, 11) is 2.78. The second-order valence-corrected chi connectivity index (χ2v) is 6.30. The van der Waals surface area contributed by atoms with Crippen molar-refractivity contribution in [3.63, 3.8) is 0 Å². The van der Waals surface area contributed by atoms with Gasteiger partial charge in [-0.1, -0.05) is 20.8 Å². The predicted octanol–water partition coefficient (Wildman–Crippen LogP) is 0.0279. The minimum Gasteiger partial charge on any atom is -0.481 e. The number of rotatable bonds is 5. The number of hydrogen-bond acceptors (Lipinski definition) is 5. The maximum Gasteiger partial charge on any atom is 0.346 e. The van der Waals surface area contributed by atoms with Crippen molar-refractivity contribution < 1.29 is 9.90 Å². The van der Waals surface area contributed by atoms with Gasteiger partial charge in [-0.2, -0.15) is 0 Å². The lowest BCUT2D eigenvalue weighted by Gasteiger charge is -2.23. The first-order chi connectivity index (χ1) is 9.53. The van der Waals surface area contributed by atoms with Crippen molar-refractivity contribution in [2.45, 2.75) is 27.2 Å². The predicted molar refractivity (Wildman–Crippen MR) is 78.4 cm³/mol. The lowest BCUT2D eigenvalue weighted by Crippen LogP contribution is -2.40. The number of nitrogens with one attached hydrogen (secondary N) is 1. The highest BCUT2D eigenvalue weighted by atomic mass is 16.4. The van der Waals surface area contributed by atoms with Crippen LogP contribution >= 0.6 is 0 Å². The number of nitrogens with zero attached hydrogens (tertiary/aromatic N) is 3. The summed E-state index contributed by atoms with van der Waals surface area (Å²) in [4.78, 5) is 34.7. The maximum atomic E-state index is 11.9. The van der Waals surface area contributed by atoms with E-state index in [9.17, 15) is 19.5 Å². The molecule has 0 aliphatic heterocycles. The van der Waals surface area contributed by atoms with Gasteiger partial charge in [-0.3, -0.25) is 14.2 Å². The number of carboxylic acids is 1. The molecule has 0 aliphatic carbocycles. The molecular formula is C13H22N4O4. The van der Waals surface area contributed by atoms with E-state index in [1.54, 1.807) is 0 Å². The van der Waals surface area contributed by atoms with Crippen LogP contribution in [-0.4, -0.2) is 32.0 Å². The van der Waals surface area contributed by atoms with E-state index in [1.165, 1.54) is 14.1 Å². The molecule has 0 aliphatic rings. The van der Waals surface area contributed by atoms with E-state index in [0.29, 0.717) is 6.42 Å². The fraction of sp³-hybridized carbons (Fsp3) is 0.692. The quantitative estimate of drug-likeness (QED) is 0.794. The second-order valence-electron chi connectivity index (χ2n) is 6.30. The van der Waals surface area contributed by atoms with E-state index in [4.69, 9.17) is 0 Å². The molecule has 0 amide bonds. The zero-order chi connectivity index (χ0) is 16.4. The number of aliphatic carboxylic acids is 1. The zero-order valence-corrected chi connectivity index (χ0v) is 13.0. The summed E-state index contributed by atoms with van der Waals surface area (Å²) < 4.78 is 1.96. The van der Waals surface area contributed by atoms with E-state index in [0.717, 1.165) is 9.25 Å². The fourth-order valence-electron chi connectivity index (χ4n) is 2.02. The molecule has 1 aromatic heterocycles. The highest BCUT2D eigenvalue weighted by Crippen LogP contribution is 2.24. The summed E-state index contributed by atoms with van der Waals surface area (Å²) in [6.45, 7) is 5.93. The van der Waals surface area contributed by atoms with Gasteiger partial charge in [-0.05, 0) is 11.8 Å². The number of aryl methyl sites for hydroxylation is 1. The van der Waals surface area contributed by atoms with Gasteiger partial charge in [-0.15, -0.1) is 5.10 Å². The molecule has 21 heavy (non-hydrogen) atoms. The Labute approximate surface area is 122 Å². The Morgan fingerprint density at radius 3 is 2.38 bits per heavy atom. The minimum absolute atomic E-state index is 0.0280. The first-order valence-corrected chi connectivity index (χ1v) is 6.64. The van der Waals surface area contributed by atoms with Crippen LogP contribution in [0, 0.1) is 11.3 Å². The van der Waals surface area contributed by atoms with Crippen LogP contribution in [0.1, 0.15) is 27.2 Å². The van der Waals surface area contributed by atoms with Gasteiger partial charge in [0.1, 0.15) is 0 Å². The van der Waals surface area contributed by atoms with E-state index in [-0.39, 0.29) is 17.8 Å². The molecule has 0 spiro atoms. The largest absolute Gasteiger partial charge is 0.481 e. The molecule has 8 heteroatoms. The Hall–Kier alpha value is -2.12. The Balaban J connectivity index is 2.94. The normalized spacial score (nSPS) is 13.0. The standard InChI is InChI=1S/C13H22N4O4/c1-13(2,3)6-8(11(19)20)7-14-9-10(18)16(4)12(21)17(5)15-9/h8H,6-7H2,1-5H3,(H,14,15)(H,19,20). The van der Waals surface area contributed by atoms with Gasteiger partial charge in [0.25, 0.3) is 5.56 Å². The fourth-order valence-corrected chi connectivity index (χ4v) is 2.02. The Morgan fingerprint density at radius 2 is 1.90 bits per heavy atom. The molecule has 1 atom stereocenters. The van der Waals surface area contributed by atoms with E-state index < -0.39 is 23.1 Å². The molecule has 0 saturated carbocycles. The highest BCUT2D eigenvalue weighted by molar-refractivity contribution is 5.70. The molecule has 0 aromatic carbocycles. The van der Waals surface area contributed by atoms with E-state index in [1.807, 2.05) is 20.8 Å². The van der Waals surface area contributed by atoms with Crippen molar-refractivity contribution in [2.24, 2.45) is 25.4 Å². The van der Waals surface area contributed by atoms with Gasteiger partial charge in [0.05, 0.1) is 5.92 Å². The third kappa shape index (κ3) is 4.44. The van der Waals surface area contributed by atoms with Crippen LogP contribution in [0.15, 0.2) is 9.59 Å². The van der Waals surface area contributed by atoms with Crippen molar-refractivity contribution in [2.75, 3.05) is 11.9 Å². The molecule has 2 N–H and O–H groups in total. The van der Waals surface area contributed by atoms with Crippen molar-refractivity contribution >= 4 is 11.8 Å². The SMILES string of the molecule is Cn1nc(NCC(CC(C)(C)C)C(=O)O)c(=O)n(C)c1=O. The monoisotopic (exact) mass is 298 g/mol. The Morgan fingerprint density at radius 1 is 1.33 bits per heavy atom. The number of carboxylic acid groups (broad SMARTS) is 1. The van der Waals surface area contributed by atoms with Gasteiger partial charge >= 0.3 is 11.7 Å². The van der Waals surface area contributed by atoms with Gasteiger partial charge < -0.3 is 10.4 Å². The van der Waals surface area contributed by atoms with Crippen LogP contribution < -0.4 is 16.6 Å². The molecule has 8 nitrogen and oxygen atoms in total. The molecule has 1 aromatic rings. The van der Waals surface area contributed by atoms with E-state index in [2.05, 4.69) is 10.4 Å². The van der Waals surface area contributed by atoms with Crippen LogP contribution in [0.25, 0.3) is 0 Å². The summed E-state index contributed by atoms with van der Waals surface area (Å²) in [5, 5.41) is 15.8. The van der Waals surface area contributed by atoms with Gasteiger partial charge in [0.2, 0.25) is 5.82 Å².